The second-order valence-electron chi connectivity index (χ2n) is 2.49. The molecule has 70 valence electrons. The summed E-state index contributed by atoms with van der Waals surface area (Å²) in [7, 11) is 1.62. The zero-order valence-corrected chi connectivity index (χ0v) is 7.45. The van der Waals surface area contributed by atoms with Crippen LogP contribution >= 0.6 is 0 Å². The normalized spacial score (nSPS) is 11.1. The van der Waals surface area contributed by atoms with Crippen molar-refractivity contribution in [3.8, 4) is 5.75 Å². The van der Waals surface area contributed by atoms with Crippen LogP contribution in [0.1, 0.15) is 5.56 Å². The van der Waals surface area contributed by atoms with Crippen LogP contribution in [-0.4, -0.2) is 7.11 Å². The van der Waals surface area contributed by atoms with Crippen molar-refractivity contribution in [2.75, 3.05) is 7.11 Å². The van der Waals surface area contributed by atoms with E-state index in [-0.39, 0.29) is 0 Å². The van der Waals surface area contributed by atoms with Crippen LogP contribution in [0.25, 0.3) is 5.70 Å². The fourth-order valence-corrected chi connectivity index (χ4v) is 0.957. The summed E-state index contributed by atoms with van der Waals surface area (Å²) in [5.41, 5.74) is 9.54. The van der Waals surface area contributed by atoms with Gasteiger partial charge in [0.2, 0.25) is 0 Å². The summed E-state index contributed by atoms with van der Waals surface area (Å²) in [5.74, 6) is 5.89. The predicted octanol–water partition coefficient (Wildman–Crippen LogP) is 0.416. The minimum Gasteiger partial charge on any atom is -0.497 e. The van der Waals surface area contributed by atoms with Gasteiger partial charge in [0.15, 0.2) is 0 Å². The Bertz CT molecular complexity index is 292. The molecule has 0 unspecified atom stereocenters. The van der Waals surface area contributed by atoms with Crippen molar-refractivity contribution in [1.82, 2.24) is 5.43 Å². The van der Waals surface area contributed by atoms with Crippen LogP contribution in [0, 0.1) is 0 Å². The van der Waals surface area contributed by atoms with E-state index in [0.717, 1.165) is 11.3 Å². The molecule has 0 heterocycles. The van der Waals surface area contributed by atoms with E-state index in [4.69, 9.17) is 16.3 Å². The summed E-state index contributed by atoms with van der Waals surface area (Å²) in [5, 5.41) is 0. The van der Waals surface area contributed by atoms with Gasteiger partial charge in [0.05, 0.1) is 12.8 Å². The lowest BCUT2D eigenvalue weighted by molar-refractivity contribution is 0.415. The molecule has 0 aromatic heterocycles. The molecule has 0 aliphatic rings. The van der Waals surface area contributed by atoms with Crippen molar-refractivity contribution in [3.63, 3.8) is 0 Å². The number of rotatable bonds is 3. The molecule has 0 saturated carbocycles. The molecule has 1 aromatic carbocycles. The van der Waals surface area contributed by atoms with Gasteiger partial charge in [0, 0.05) is 6.20 Å². The van der Waals surface area contributed by atoms with Crippen molar-refractivity contribution < 1.29 is 4.74 Å². The van der Waals surface area contributed by atoms with Gasteiger partial charge in [-0.05, 0) is 29.8 Å². The van der Waals surface area contributed by atoms with Gasteiger partial charge in [0.25, 0.3) is 0 Å². The van der Waals surface area contributed by atoms with Gasteiger partial charge in [-0.25, -0.2) is 0 Å². The van der Waals surface area contributed by atoms with Crippen LogP contribution in [0.15, 0.2) is 30.5 Å². The van der Waals surface area contributed by atoms with Crippen LogP contribution in [0.3, 0.4) is 0 Å². The number of ether oxygens (including phenoxy) is 1. The number of nitrogens with two attached hydrogens (primary N) is 2. The van der Waals surface area contributed by atoms with E-state index in [9.17, 15) is 0 Å². The number of hydrogen-bond acceptors (Lipinski definition) is 4. The first kappa shape index (κ1) is 9.41. The average Bonchev–Trinajstić information content (AvgIpc) is 2.18. The average molecular weight is 179 g/mol. The second-order valence-corrected chi connectivity index (χ2v) is 2.49. The Kier molecular flexibility index (Phi) is 3.16. The van der Waals surface area contributed by atoms with E-state index in [2.05, 4.69) is 5.43 Å². The molecule has 0 amide bonds. The lowest BCUT2D eigenvalue weighted by Gasteiger charge is -2.03. The summed E-state index contributed by atoms with van der Waals surface area (Å²) < 4.78 is 5.01. The Morgan fingerprint density at radius 1 is 1.38 bits per heavy atom. The molecular formula is C9H13N3O. The molecule has 0 fully saturated rings. The van der Waals surface area contributed by atoms with Gasteiger partial charge in [-0.3, -0.25) is 5.84 Å². The molecule has 0 radical (unpaired) electrons. The Morgan fingerprint density at radius 2 is 2.00 bits per heavy atom. The van der Waals surface area contributed by atoms with Crippen LogP contribution in [-0.2, 0) is 0 Å². The maximum Gasteiger partial charge on any atom is 0.118 e. The molecule has 0 spiro atoms. The highest BCUT2D eigenvalue weighted by Gasteiger charge is 1.95. The van der Waals surface area contributed by atoms with Crippen molar-refractivity contribution >= 4 is 5.70 Å². The molecular weight excluding hydrogens is 166 g/mol. The highest BCUT2D eigenvalue weighted by atomic mass is 16.5. The predicted molar refractivity (Wildman–Crippen MR) is 52.5 cm³/mol. The molecule has 1 aromatic rings. The zero-order chi connectivity index (χ0) is 9.68. The van der Waals surface area contributed by atoms with E-state index in [1.165, 1.54) is 6.20 Å². The molecule has 0 aliphatic carbocycles. The molecule has 0 aliphatic heterocycles. The van der Waals surface area contributed by atoms with E-state index >= 15 is 0 Å². The third-order valence-corrected chi connectivity index (χ3v) is 1.66. The highest BCUT2D eigenvalue weighted by molar-refractivity contribution is 5.62. The van der Waals surface area contributed by atoms with Gasteiger partial charge < -0.3 is 15.9 Å². The standard InChI is InChI=1S/C9H13N3O/c1-13-8-4-2-7(3-5-8)9(10)6-12-11/h2-6,12H,10-11H2,1H3/b9-6-. The lowest BCUT2D eigenvalue weighted by atomic mass is 10.2. The number of methoxy groups -OCH3 is 1. The minimum absolute atomic E-state index is 0.588. The molecule has 0 bridgehead atoms. The van der Waals surface area contributed by atoms with E-state index in [1.807, 2.05) is 24.3 Å². The molecule has 0 saturated heterocycles. The molecule has 5 N–H and O–H groups in total. The quantitative estimate of drug-likeness (QED) is 0.464. The first-order valence-electron chi connectivity index (χ1n) is 3.84. The van der Waals surface area contributed by atoms with E-state index in [0.29, 0.717) is 5.70 Å². The van der Waals surface area contributed by atoms with Crippen LogP contribution in [0.2, 0.25) is 0 Å². The molecule has 13 heavy (non-hydrogen) atoms. The van der Waals surface area contributed by atoms with Gasteiger partial charge in [-0.1, -0.05) is 0 Å². The van der Waals surface area contributed by atoms with Crippen LogP contribution in [0.5, 0.6) is 5.75 Å². The minimum atomic E-state index is 0.588. The van der Waals surface area contributed by atoms with Gasteiger partial charge >= 0.3 is 0 Å². The summed E-state index contributed by atoms with van der Waals surface area (Å²) in [6.07, 6.45) is 1.53. The van der Waals surface area contributed by atoms with Crippen molar-refractivity contribution in [1.29, 1.82) is 0 Å². The SMILES string of the molecule is COc1ccc(/C(N)=C/NN)cc1. The third-order valence-electron chi connectivity index (χ3n) is 1.66. The maximum atomic E-state index is 5.67. The van der Waals surface area contributed by atoms with Gasteiger partial charge in [-0.15, -0.1) is 0 Å². The lowest BCUT2D eigenvalue weighted by Crippen LogP contribution is -2.16. The van der Waals surface area contributed by atoms with Gasteiger partial charge in [0.1, 0.15) is 5.75 Å². The Labute approximate surface area is 77.1 Å². The van der Waals surface area contributed by atoms with Gasteiger partial charge in [-0.2, -0.15) is 0 Å². The summed E-state index contributed by atoms with van der Waals surface area (Å²) in [6, 6.07) is 7.41. The van der Waals surface area contributed by atoms with Crippen molar-refractivity contribution in [2.24, 2.45) is 11.6 Å². The molecule has 4 heteroatoms. The van der Waals surface area contributed by atoms with E-state index in [1.54, 1.807) is 7.11 Å². The molecule has 4 nitrogen and oxygen atoms in total. The molecule has 1 rings (SSSR count). The van der Waals surface area contributed by atoms with Crippen molar-refractivity contribution in [2.45, 2.75) is 0 Å². The van der Waals surface area contributed by atoms with Crippen molar-refractivity contribution in [3.05, 3.63) is 36.0 Å². The Balaban J connectivity index is 2.85. The number of hydrogen-bond donors (Lipinski definition) is 3. The third kappa shape index (κ3) is 2.38. The Hall–Kier alpha value is -1.68. The molecule has 0 atom stereocenters. The number of hydrazine groups is 1. The highest BCUT2D eigenvalue weighted by Crippen LogP contribution is 2.14. The zero-order valence-electron chi connectivity index (χ0n) is 7.45. The smallest absolute Gasteiger partial charge is 0.118 e. The summed E-state index contributed by atoms with van der Waals surface area (Å²) in [6.45, 7) is 0. The topological polar surface area (TPSA) is 73.3 Å². The maximum absolute atomic E-state index is 5.67. The monoisotopic (exact) mass is 179 g/mol. The second kappa shape index (κ2) is 4.37. The first-order valence-corrected chi connectivity index (χ1v) is 3.84. The number of benzene rings is 1. The summed E-state index contributed by atoms with van der Waals surface area (Å²) >= 11 is 0. The van der Waals surface area contributed by atoms with E-state index < -0.39 is 0 Å². The summed E-state index contributed by atoms with van der Waals surface area (Å²) in [4.78, 5) is 0. The first-order chi connectivity index (χ1) is 6.27. The van der Waals surface area contributed by atoms with Crippen LogP contribution < -0.4 is 21.7 Å². The number of nitrogens with one attached hydrogen (secondary N) is 1. The Morgan fingerprint density at radius 3 is 2.46 bits per heavy atom. The fourth-order valence-electron chi connectivity index (χ4n) is 0.957. The largest absolute Gasteiger partial charge is 0.497 e. The fraction of sp³-hybridized carbons (Fsp3) is 0.111. The van der Waals surface area contributed by atoms with Crippen LogP contribution in [0.4, 0.5) is 0 Å².